The predicted octanol–water partition coefficient (Wildman–Crippen LogP) is 3.35. The first kappa shape index (κ1) is 17.9. The summed E-state index contributed by atoms with van der Waals surface area (Å²) in [5.41, 5.74) is 14.2. The fraction of sp³-hybridized carbons (Fsp3) is 0.263. The third-order valence-electron chi connectivity index (χ3n) is 4.86. The summed E-state index contributed by atoms with van der Waals surface area (Å²) in [6, 6.07) is 9.89. The van der Waals surface area contributed by atoms with Gasteiger partial charge in [0, 0.05) is 32.4 Å². The molecule has 0 radical (unpaired) electrons. The number of hydrogen-bond acceptors (Lipinski definition) is 6. The van der Waals surface area contributed by atoms with Crippen molar-refractivity contribution < 1.29 is 4.79 Å². The summed E-state index contributed by atoms with van der Waals surface area (Å²) >= 11 is 7.62. The second-order valence-electron chi connectivity index (χ2n) is 6.50. The van der Waals surface area contributed by atoms with Crippen LogP contribution < -0.4 is 21.3 Å². The van der Waals surface area contributed by atoms with Gasteiger partial charge in [-0.05, 0) is 24.6 Å². The molecular weight excluding hydrogens is 382 g/mol. The number of fused-ring (bicyclic) bond motifs is 1. The van der Waals surface area contributed by atoms with E-state index in [0.29, 0.717) is 10.6 Å². The van der Waals surface area contributed by atoms with Gasteiger partial charge in [0.15, 0.2) is 0 Å². The maximum Gasteiger partial charge on any atom is 0.260 e. The number of benzene rings is 1. The van der Waals surface area contributed by atoms with E-state index in [0.717, 1.165) is 59.2 Å². The first-order valence-electron chi connectivity index (χ1n) is 8.77. The molecule has 3 heterocycles. The van der Waals surface area contributed by atoms with Gasteiger partial charge in [-0.2, -0.15) is 0 Å². The molecule has 27 heavy (non-hydrogen) atoms. The van der Waals surface area contributed by atoms with Crippen LogP contribution in [-0.4, -0.2) is 37.1 Å². The van der Waals surface area contributed by atoms with Crippen LogP contribution in [0.5, 0.6) is 0 Å². The number of halogens is 1. The van der Waals surface area contributed by atoms with Gasteiger partial charge in [-0.25, -0.2) is 4.98 Å². The first-order chi connectivity index (χ1) is 13.1. The number of rotatable bonds is 3. The van der Waals surface area contributed by atoms with Gasteiger partial charge in [0.05, 0.1) is 27.5 Å². The van der Waals surface area contributed by atoms with Crippen molar-refractivity contribution in [3.05, 3.63) is 46.4 Å². The largest absolute Gasteiger partial charge is 0.397 e. The molecule has 6 nitrogen and oxygen atoms in total. The van der Waals surface area contributed by atoms with Crippen molar-refractivity contribution in [2.24, 2.45) is 5.73 Å². The lowest BCUT2D eigenvalue weighted by Gasteiger charge is -2.26. The van der Waals surface area contributed by atoms with E-state index in [1.54, 1.807) is 6.20 Å². The minimum atomic E-state index is -0.512. The Morgan fingerprint density at radius 1 is 1.07 bits per heavy atom. The third kappa shape index (κ3) is 3.28. The van der Waals surface area contributed by atoms with Crippen molar-refractivity contribution >= 4 is 56.1 Å². The van der Waals surface area contributed by atoms with Crippen LogP contribution in [0.4, 0.5) is 17.1 Å². The minimum Gasteiger partial charge on any atom is -0.397 e. The lowest BCUT2D eigenvalue weighted by atomic mass is 10.2. The number of nitrogens with zero attached hydrogens (tertiary/aromatic N) is 3. The Kier molecular flexibility index (Phi) is 4.80. The fourth-order valence-electron chi connectivity index (χ4n) is 3.58. The van der Waals surface area contributed by atoms with Crippen molar-refractivity contribution in [2.45, 2.75) is 6.42 Å². The van der Waals surface area contributed by atoms with Gasteiger partial charge >= 0.3 is 0 Å². The average molecular weight is 402 g/mol. The van der Waals surface area contributed by atoms with Gasteiger partial charge in [-0.3, -0.25) is 4.79 Å². The van der Waals surface area contributed by atoms with E-state index in [9.17, 15) is 4.79 Å². The first-order valence-corrected chi connectivity index (χ1v) is 9.97. The van der Waals surface area contributed by atoms with E-state index in [2.05, 4.69) is 20.9 Å². The molecule has 140 valence electrons. The Balaban J connectivity index is 1.65. The van der Waals surface area contributed by atoms with Crippen LogP contribution in [-0.2, 0) is 0 Å². The third-order valence-corrected chi connectivity index (χ3v) is 6.31. The Hall–Kier alpha value is -2.51. The van der Waals surface area contributed by atoms with Crippen molar-refractivity contribution in [1.82, 2.24) is 4.98 Å². The molecular formula is C19H20ClN5OS. The van der Waals surface area contributed by atoms with Gasteiger partial charge in [-0.1, -0.05) is 23.7 Å². The number of para-hydroxylation sites is 1. The normalized spacial score (nSPS) is 15.1. The van der Waals surface area contributed by atoms with Crippen LogP contribution in [0.3, 0.4) is 0 Å². The lowest BCUT2D eigenvalue weighted by molar-refractivity contribution is 0.100. The molecule has 3 aromatic rings. The quantitative estimate of drug-likeness (QED) is 0.702. The number of nitrogens with two attached hydrogens (primary N) is 2. The zero-order valence-electron chi connectivity index (χ0n) is 14.7. The zero-order valence-corrected chi connectivity index (χ0v) is 16.3. The van der Waals surface area contributed by atoms with Crippen LogP contribution in [0.1, 0.15) is 16.1 Å². The lowest BCUT2D eigenvalue weighted by Crippen LogP contribution is -2.31. The number of carbonyl (C=O) groups excluding carboxylic acids is 1. The molecule has 1 aliphatic rings. The van der Waals surface area contributed by atoms with E-state index in [4.69, 9.17) is 23.1 Å². The molecule has 8 heteroatoms. The van der Waals surface area contributed by atoms with Crippen LogP contribution in [0, 0.1) is 0 Å². The molecule has 1 amide bonds. The Morgan fingerprint density at radius 3 is 2.48 bits per heavy atom. The summed E-state index contributed by atoms with van der Waals surface area (Å²) in [6.07, 6.45) is 2.75. The van der Waals surface area contributed by atoms with E-state index in [1.807, 2.05) is 24.3 Å². The molecule has 0 bridgehead atoms. The summed E-state index contributed by atoms with van der Waals surface area (Å²) in [5.74, 6) is -0.512. The monoisotopic (exact) mass is 401 g/mol. The SMILES string of the molecule is NC(=O)c1sc2nccc(N3CCCN(c4ccccc4Cl)CC3)c2c1N. The van der Waals surface area contributed by atoms with Gasteiger partial charge in [0.2, 0.25) is 0 Å². The Labute approximate surface area is 166 Å². The predicted molar refractivity (Wildman–Crippen MR) is 113 cm³/mol. The molecule has 0 atom stereocenters. The number of hydrogen-bond donors (Lipinski definition) is 2. The van der Waals surface area contributed by atoms with Crippen molar-refractivity contribution in [3.8, 4) is 0 Å². The highest BCUT2D eigenvalue weighted by atomic mass is 35.5. The van der Waals surface area contributed by atoms with Crippen molar-refractivity contribution in [1.29, 1.82) is 0 Å². The Bertz CT molecular complexity index is 1000. The molecule has 4 rings (SSSR count). The topological polar surface area (TPSA) is 88.5 Å². The molecule has 4 N–H and O–H groups in total. The van der Waals surface area contributed by atoms with Crippen LogP contribution in [0.15, 0.2) is 36.5 Å². The summed E-state index contributed by atoms with van der Waals surface area (Å²) in [4.78, 5) is 21.8. The number of pyridine rings is 1. The number of amides is 1. The molecule has 1 fully saturated rings. The summed E-state index contributed by atoms with van der Waals surface area (Å²) in [7, 11) is 0. The Morgan fingerprint density at radius 2 is 1.78 bits per heavy atom. The maximum atomic E-state index is 11.7. The minimum absolute atomic E-state index is 0.373. The van der Waals surface area contributed by atoms with Crippen LogP contribution in [0.25, 0.3) is 10.2 Å². The van der Waals surface area contributed by atoms with Crippen LogP contribution >= 0.6 is 22.9 Å². The highest BCUT2D eigenvalue weighted by molar-refractivity contribution is 7.21. The zero-order chi connectivity index (χ0) is 19.0. The standard InChI is InChI=1S/C19H20ClN5OS/c20-12-4-1-2-5-13(12)24-8-3-9-25(11-10-24)14-6-7-23-19-15(14)16(21)17(27-19)18(22)26/h1-2,4-7H,3,8-11,21H2,(H2,22,26). The summed E-state index contributed by atoms with van der Waals surface area (Å²) < 4.78 is 0. The summed E-state index contributed by atoms with van der Waals surface area (Å²) in [5, 5.41) is 1.59. The number of primary amides is 1. The van der Waals surface area contributed by atoms with Crippen molar-refractivity contribution in [2.75, 3.05) is 41.7 Å². The van der Waals surface area contributed by atoms with Gasteiger partial charge in [-0.15, -0.1) is 11.3 Å². The smallest absolute Gasteiger partial charge is 0.260 e. The van der Waals surface area contributed by atoms with E-state index < -0.39 is 5.91 Å². The number of anilines is 3. The number of carbonyl (C=O) groups is 1. The highest BCUT2D eigenvalue weighted by Crippen LogP contribution is 2.39. The van der Waals surface area contributed by atoms with E-state index >= 15 is 0 Å². The van der Waals surface area contributed by atoms with E-state index in [-0.39, 0.29) is 0 Å². The van der Waals surface area contributed by atoms with Gasteiger partial charge in [0.1, 0.15) is 9.71 Å². The van der Waals surface area contributed by atoms with Crippen molar-refractivity contribution in [3.63, 3.8) is 0 Å². The molecule has 1 aromatic carbocycles. The average Bonchev–Trinajstić information content (AvgIpc) is 2.85. The number of nitrogen functional groups attached to an aromatic ring is 1. The molecule has 1 aliphatic heterocycles. The number of thiophene rings is 1. The molecule has 0 unspecified atom stereocenters. The van der Waals surface area contributed by atoms with E-state index in [1.165, 1.54) is 11.3 Å². The fourth-order valence-corrected chi connectivity index (χ4v) is 4.77. The molecule has 2 aromatic heterocycles. The second-order valence-corrected chi connectivity index (χ2v) is 7.90. The molecule has 0 spiro atoms. The summed E-state index contributed by atoms with van der Waals surface area (Å²) in [6.45, 7) is 3.49. The number of aromatic nitrogens is 1. The highest BCUT2D eigenvalue weighted by Gasteiger charge is 2.22. The molecule has 0 saturated carbocycles. The van der Waals surface area contributed by atoms with Gasteiger partial charge < -0.3 is 21.3 Å². The van der Waals surface area contributed by atoms with Gasteiger partial charge in [0.25, 0.3) is 5.91 Å². The second kappa shape index (κ2) is 7.25. The van der Waals surface area contributed by atoms with Crippen LogP contribution in [0.2, 0.25) is 5.02 Å². The molecule has 0 aliphatic carbocycles. The maximum absolute atomic E-state index is 11.7. The molecule has 1 saturated heterocycles.